The van der Waals surface area contributed by atoms with Crippen molar-refractivity contribution in [3.05, 3.63) is 57.6 Å². The number of aromatic nitrogens is 1. The van der Waals surface area contributed by atoms with E-state index in [0.29, 0.717) is 10.6 Å². The first-order chi connectivity index (χ1) is 12.3. The number of esters is 1. The van der Waals surface area contributed by atoms with Crippen LogP contribution in [0.1, 0.15) is 32.1 Å². The first-order valence-corrected chi connectivity index (χ1v) is 9.08. The van der Waals surface area contributed by atoms with Gasteiger partial charge in [-0.1, -0.05) is 17.7 Å². The third-order valence-corrected chi connectivity index (χ3v) is 5.25. The number of aryl methyl sites for hydroxylation is 4. The first kappa shape index (κ1) is 18.1. The molecule has 134 valence electrons. The lowest BCUT2D eigenvalue weighted by Crippen LogP contribution is -2.20. The van der Waals surface area contributed by atoms with E-state index in [1.807, 2.05) is 58.0 Å². The van der Waals surface area contributed by atoms with Crippen molar-refractivity contribution >= 4 is 39.1 Å². The molecule has 0 spiro atoms. The number of rotatable bonds is 4. The minimum absolute atomic E-state index is 0.328. The van der Waals surface area contributed by atoms with Crippen molar-refractivity contribution in [2.75, 3.05) is 11.9 Å². The number of fused-ring (bicyclic) bond motifs is 1. The van der Waals surface area contributed by atoms with Gasteiger partial charge in [-0.2, -0.15) is 0 Å². The number of nitrogens with one attached hydrogen (secondary N) is 1. The van der Waals surface area contributed by atoms with Gasteiger partial charge in [-0.3, -0.25) is 4.79 Å². The third-order valence-electron chi connectivity index (χ3n) is 4.08. The molecule has 0 aliphatic heterocycles. The maximum Gasteiger partial charge on any atom is 0.349 e. The second kappa shape index (κ2) is 7.25. The molecule has 26 heavy (non-hydrogen) atoms. The summed E-state index contributed by atoms with van der Waals surface area (Å²) in [6, 6.07) is 9.41. The number of hydrogen-bond acceptors (Lipinski definition) is 5. The van der Waals surface area contributed by atoms with E-state index >= 15 is 0 Å². The quantitative estimate of drug-likeness (QED) is 0.696. The molecule has 0 saturated heterocycles. The van der Waals surface area contributed by atoms with E-state index in [-0.39, 0.29) is 12.5 Å². The van der Waals surface area contributed by atoms with Crippen LogP contribution < -0.4 is 5.32 Å². The molecule has 6 heteroatoms. The zero-order chi connectivity index (χ0) is 18.8. The molecule has 0 aliphatic carbocycles. The molecule has 5 nitrogen and oxygen atoms in total. The van der Waals surface area contributed by atoms with Gasteiger partial charge in [-0.25, -0.2) is 9.78 Å². The normalized spacial score (nSPS) is 10.8. The summed E-state index contributed by atoms with van der Waals surface area (Å²) in [5, 5.41) is 3.69. The molecule has 0 saturated carbocycles. The number of nitrogens with zero attached hydrogens (tertiary/aromatic N) is 1. The van der Waals surface area contributed by atoms with Crippen LogP contribution in [-0.2, 0) is 9.53 Å². The van der Waals surface area contributed by atoms with Crippen LogP contribution in [-0.4, -0.2) is 23.5 Å². The average Bonchev–Trinajstić information content (AvgIpc) is 2.91. The highest BCUT2D eigenvalue weighted by atomic mass is 32.1. The molecule has 0 atom stereocenters. The Labute approximate surface area is 156 Å². The predicted octanol–water partition coefficient (Wildman–Crippen LogP) is 4.33. The number of thiophene rings is 1. The monoisotopic (exact) mass is 368 g/mol. The van der Waals surface area contributed by atoms with Gasteiger partial charge in [0.2, 0.25) is 0 Å². The highest BCUT2D eigenvalue weighted by molar-refractivity contribution is 7.20. The zero-order valence-corrected chi connectivity index (χ0v) is 16.0. The van der Waals surface area contributed by atoms with Gasteiger partial charge >= 0.3 is 5.97 Å². The summed E-state index contributed by atoms with van der Waals surface area (Å²) in [5.41, 5.74) is 4.61. The zero-order valence-electron chi connectivity index (χ0n) is 15.2. The lowest BCUT2D eigenvalue weighted by Gasteiger charge is -2.06. The molecule has 2 heterocycles. The number of anilines is 1. The lowest BCUT2D eigenvalue weighted by atomic mass is 10.1. The number of carbonyl (C=O) groups excluding carboxylic acids is 2. The number of carbonyl (C=O) groups is 2. The summed E-state index contributed by atoms with van der Waals surface area (Å²) in [5.74, 6) is -0.868. The van der Waals surface area contributed by atoms with Gasteiger partial charge in [-0.15, -0.1) is 11.3 Å². The average molecular weight is 368 g/mol. The Morgan fingerprint density at radius 3 is 2.50 bits per heavy atom. The van der Waals surface area contributed by atoms with Crippen LogP contribution in [0.4, 0.5) is 5.69 Å². The van der Waals surface area contributed by atoms with Gasteiger partial charge in [-0.05, 0) is 57.0 Å². The van der Waals surface area contributed by atoms with E-state index in [1.165, 1.54) is 11.3 Å². The fraction of sp³-hybridized carbons (Fsp3) is 0.250. The second-order valence-corrected chi connectivity index (χ2v) is 7.31. The van der Waals surface area contributed by atoms with Gasteiger partial charge in [0.25, 0.3) is 5.91 Å². The summed E-state index contributed by atoms with van der Waals surface area (Å²) >= 11 is 1.30. The van der Waals surface area contributed by atoms with Crippen LogP contribution in [0.3, 0.4) is 0 Å². The van der Waals surface area contributed by atoms with Gasteiger partial charge < -0.3 is 10.1 Å². The number of amides is 1. The van der Waals surface area contributed by atoms with E-state index in [1.54, 1.807) is 0 Å². The molecule has 0 unspecified atom stereocenters. The Bertz CT molecular complexity index is 990. The Balaban J connectivity index is 1.69. The van der Waals surface area contributed by atoms with Gasteiger partial charge in [0.15, 0.2) is 6.61 Å². The maximum atomic E-state index is 12.4. The minimum atomic E-state index is -0.499. The van der Waals surface area contributed by atoms with Crippen molar-refractivity contribution in [1.82, 2.24) is 4.98 Å². The smallest absolute Gasteiger partial charge is 0.349 e. The molecule has 3 aromatic rings. The number of hydrogen-bond donors (Lipinski definition) is 1. The number of benzene rings is 1. The molecule has 0 radical (unpaired) electrons. The van der Waals surface area contributed by atoms with E-state index in [4.69, 9.17) is 4.74 Å². The van der Waals surface area contributed by atoms with Crippen molar-refractivity contribution < 1.29 is 14.3 Å². The predicted molar refractivity (Wildman–Crippen MR) is 104 cm³/mol. The van der Waals surface area contributed by atoms with Crippen LogP contribution in [0.5, 0.6) is 0 Å². The van der Waals surface area contributed by atoms with E-state index in [2.05, 4.69) is 10.3 Å². The van der Waals surface area contributed by atoms with Crippen molar-refractivity contribution in [3.8, 4) is 0 Å². The van der Waals surface area contributed by atoms with Crippen LogP contribution in [0.2, 0.25) is 0 Å². The SMILES string of the molecule is Cc1ccc(NC(=O)COC(=O)c2sc3nc(C)cc(C)c3c2C)cc1. The minimum Gasteiger partial charge on any atom is -0.451 e. The molecule has 1 N–H and O–H groups in total. The van der Waals surface area contributed by atoms with Gasteiger partial charge in [0.1, 0.15) is 9.71 Å². The summed E-state index contributed by atoms with van der Waals surface area (Å²) < 4.78 is 5.20. The molecular weight excluding hydrogens is 348 g/mol. The first-order valence-electron chi connectivity index (χ1n) is 8.26. The van der Waals surface area contributed by atoms with Gasteiger partial charge in [0.05, 0.1) is 0 Å². The van der Waals surface area contributed by atoms with Gasteiger partial charge in [0, 0.05) is 16.8 Å². The largest absolute Gasteiger partial charge is 0.451 e. The van der Waals surface area contributed by atoms with Crippen molar-refractivity contribution in [1.29, 1.82) is 0 Å². The third kappa shape index (κ3) is 3.75. The molecule has 2 aromatic heterocycles. The highest BCUT2D eigenvalue weighted by Crippen LogP contribution is 2.32. The Morgan fingerprint density at radius 1 is 1.12 bits per heavy atom. The Morgan fingerprint density at radius 2 is 1.81 bits per heavy atom. The fourth-order valence-electron chi connectivity index (χ4n) is 2.84. The molecule has 1 aromatic carbocycles. The highest BCUT2D eigenvalue weighted by Gasteiger charge is 2.20. The molecule has 0 aliphatic rings. The van der Waals surface area contributed by atoms with E-state index < -0.39 is 5.97 Å². The molecule has 1 amide bonds. The summed E-state index contributed by atoms with van der Waals surface area (Å²) in [4.78, 5) is 30.2. The Kier molecular flexibility index (Phi) is 5.04. The van der Waals surface area contributed by atoms with Crippen molar-refractivity contribution in [2.24, 2.45) is 0 Å². The fourth-order valence-corrected chi connectivity index (χ4v) is 4.04. The topological polar surface area (TPSA) is 68.3 Å². The number of pyridine rings is 1. The second-order valence-electron chi connectivity index (χ2n) is 6.31. The molecular formula is C20H20N2O3S. The Hall–Kier alpha value is -2.73. The summed E-state index contributed by atoms with van der Waals surface area (Å²) in [6.07, 6.45) is 0. The van der Waals surface area contributed by atoms with Crippen molar-refractivity contribution in [3.63, 3.8) is 0 Å². The number of ether oxygens (including phenoxy) is 1. The van der Waals surface area contributed by atoms with E-state index in [0.717, 1.165) is 32.6 Å². The lowest BCUT2D eigenvalue weighted by molar-refractivity contribution is -0.119. The summed E-state index contributed by atoms with van der Waals surface area (Å²) in [6.45, 7) is 7.45. The van der Waals surface area contributed by atoms with Crippen LogP contribution in [0.15, 0.2) is 30.3 Å². The standard InChI is InChI=1S/C20H20N2O3S/c1-11-5-7-15(8-6-11)22-16(23)10-25-20(24)18-14(4)17-12(2)9-13(3)21-19(17)26-18/h5-9H,10H2,1-4H3,(H,22,23). The van der Waals surface area contributed by atoms with E-state index in [9.17, 15) is 9.59 Å². The van der Waals surface area contributed by atoms with Crippen LogP contribution in [0, 0.1) is 27.7 Å². The summed E-state index contributed by atoms with van der Waals surface area (Å²) in [7, 11) is 0. The van der Waals surface area contributed by atoms with Crippen molar-refractivity contribution in [2.45, 2.75) is 27.7 Å². The maximum absolute atomic E-state index is 12.4. The molecule has 3 rings (SSSR count). The van der Waals surface area contributed by atoms with Crippen LogP contribution in [0.25, 0.3) is 10.2 Å². The molecule has 0 fully saturated rings. The molecule has 0 bridgehead atoms. The van der Waals surface area contributed by atoms with Crippen LogP contribution >= 0.6 is 11.3 Å².